The molecule has 82 valence electrons. The normalized spacial score (nSPS) is 28.0. The maximum Gasteiger partial charge on any atom is 0.403 e. The lowest BCUT2D eigenvalue weighted by Crippen LogP contribution is -2.43. The first-order chi connectivity index (χ1) is 6.45. The Morgan fingerprint density at radius 2 is 2.07 bits per heavy atom. The van der Waals surface area contributed by atoms with Crippen LogP contribution in [0.25, 0.3) is 0 Å². The molecule has 1 aliphatic rings. The number of rotatable bonds is 3. The molecule has 1 fully saturated rings. The lowest BCUT2D eigenvalue weighted by molar-refractivity contribution is -0.153. The van der Waals surface area contributed by atoms with Crippen LogP contribution >= 0.6 is 0 Å². The van der Waals surface area contributed by atoms with Gasteiger partial charge in [-0.3, -0.25) is 10.1 Å². The monoisotopic (exact) mass is 209 g/mol. The fourth-order valence-corrected chi connectivity index (χ4v) is 1.68. The van der Waals surface area contributed by atoms with E-state index in [0.29, 0.717) is 19.3 Å². The topological polar surface area (TPSA) is 29.1 Å². The molecule has 0 aromatic rings. The Kier molecular flexibility index (Phi) is 3.53. The second-order valence-corrected chi connectivity index (χ2v) is 3.61. The number of hydrogen-bond donors (Lipinski definition) is 1. The van der Waals surface area contributed by atoms with Crippen LogP contribution in [0.1, 0.15) is 32.6 Å². The van der Waals surface area contributed by atoms with Crippen molar-refractivity contribution in [2.24, 2.45) is 0 Å². The van der Waals surface area contributed by atoms with Gasteiger partial charge in [-0.25, -0.2) is 0 Å². The molecule has 14 heavy (non-hydrogen) atoms. The highest BCUT2D eigenvalue weighted by atomic mass is 19.4. The molecular weight excluding hydrogens is 195 g/mol. The van der Waals surface area contributed by atoms with Gasteiger partial charge in [0.25, 0.3) is 0 Å². The van der Waals surface area contributed by atoms with Gasteiger partial charge in [0.15, 0.2) is 0 Å². The summed E-state index contributed by atoms with van der Waals surface area (Å²) in [5.74, 6) is -0.0979. The molecule has 0 bridgehead atoms. The van der Waals surface area contributed by atoms with Gasteiger partial charge in [-0.2, -0.15) is 13.2 Å². The minimum atomic E-state index is -4.22. The third-order valence-electron chi connectivity index (χ3n) is 2.43. The van der Waals surface area contributed by atoms with Crippen molar-refractivity contribution in [3.8, 4) is 0 Å². The quantitative estimate of drug-likeness (QED) is 0.770. The fourth-order valence-electron chi connectivity index (χ4n) is 1.68. The van der Waals surface area contributed by atoms with E-state index in [1.807, 2.05) is 6.92 Å². The predicted octanol–water partition coefficient (Wildman–Crippen LogP) is 2.04. The van der Waals surface area contributed by atoms with E-state index in [0.717, 1.165) is 0 Å². The summed E-state index contributed by atoms with van der Waals surface area (Å²) in [6, 6.07) is -2.07. The Bertz CT molecular complexity index is 215. The molecule has 0 radical (unpaired) electrons. The third kappa shape index (κ3) is 2.70. The standard InChI is InChI=1S/C9H14F3NO/c1-2-3-7(14)6-4-5-8(13-6)9(10,11)12/h6,8,13H,2-5H2,1H3. The van der Waals surface area contributed by atoms with Crippen molar-refractivity contribution in [3.05, 3.63) is 0 Å². The van der Waals surface area contributed by atoms with E-state index >= 15 is 0 Å². The van der Waals surface area contributed by atoms with Gasteiger partial charge < -0.3 is 0 Å². The second kappa shape index (κ2) is 4.29. The molecule has 2 unspecified atom stereocenters. The molecule has 1 aliphatic heterocycles. The molecule has 1 rings (SSSR count). The van der Waals surface area contributed by atoms with Crippen molar-refractivity contribution in [2.45, 2.75) is 50.9 Å². The minimum Gasteiger partial charge on any atom is -0.298 e. The van der Waals surface area contributed by atoms with Crippen LogP contribution in [0.4, 0.5) is 13.2 Å². The van der Waals surface area contributed by atoms with E-state index in [1.165, 1.54) is 0 Å². The van der Waals surface area contributed by atoms with Gasteiger partial charge in [-0.05, 0) is 19.3 Å². The van der Waals surface area contributed by atoms with Crippen LogP contribution in [-0.4, -0.2) is 24.0 Å². The highest BCUT2D eigenvalue weighted by Gasteiger charge is 2.45. The van der Waals surface area contributed by atoms with Crippen molar-refractivity contribution < 1.29 is 18.0 Å². The van der Waals surface area contributed by atoms with Crippen molar-refractivity contribution in [3.63, 3.8) is 0 Å². The first-order valence-electron chi connectivity index (χ1n) is 4.80. The Hall–Kier alpha value is -0.580. The van der Waals surface area contributed by atoms with Gasteiger partial charge >= 0.3 is 6.18 Å². The predicted molar refractivity (Wildman–Crippen MR) is 45.9 cm³/mol. The van der Waals surface area contributed by atoms with Crippen molar-refractivity contribution >= 4 is 5.78 Å². The van der Waals surface area contributed by atoms with Crippen LogP contribution in [0, 0.1) is 0 Å². The fraction of sp³-hybridized carbons (Fsp3) is 0.889. The average molecular weight is 209 g/mol. The van der Waals surface area contributed by atoms with E-state index in [1.54, 1.807) is 0 Å². The summed E-state index contributed by atoms with van der Waals surface area (Å²) in [5.41, 5.74) is 0. The number of Topliss-reactive ketones (excluding diaryl/α,β-unsaturated/α-hetero) is 1. The molecule has 2 atom stereocenters. The van der Waals surface area contributed by atoms with E-state index < -0.39 is 18.3 Å². The zero-order valence-corrected chi connectivity index (χ0v) is 8.03. The Morgan fingerprint density at radius 3 is 2.50 bits per heavy atom. The van der Waals surface area contributed by atoms with E-state index in [4.69, 9.17) is 0 Å². The second-order valence-electron chi connectivity index (χ2n) is 3.61. The number of hydrogen-bond acceptors (Lipinski definition) is 2. The summed E-state index contributed by atoms with van der Waals surface area (Å²) >= 11 is 0. The van der Waals surface area contributed by atoms with Crippen LogP contribution in [-0.2, 0) is 4.79 Å². The van der Waals surface area contributed by atoms with Gasteiger partial charge in [-0.15, -0.1) is 0 Å². The molecule has 1 heterocycles. The molecule has 0 spiro atoms. The zero-order valence-electron chi connectivity index (χ0n) is 8.03. The highest BCUT2D eigenvalue weighted by Crippen LogP contribution is 2.29. The number of ketones is 1. The van der Waals surface area contributed by atoms with Gasteiger partial charge in [-0.1, -0.05) is 6.92 Å². The SMILES string of the molecule is CCCC(=O)C1CCC(C(F)(F)F)N1. The summed E-state index contributed by atoms with van der Waals surface area (Å²) in [6.45, 7) is 1.84. The number of nitrogens with one attached hydrogen (secondary N) is 1. The molecule has 1 N–H and O–H groups in total. The van der Waals surface area contributed by atoms with E-state index in [-0.39, 0.29) is 12.2 Å². The number of alkyl halides is 3. The number of carbonyl (C=O) groups excluding carboxylic acids is 1. The van der Waals surface area contributed by atoms with Crippen LogP contribution < -0.4 is 5.32 Å². The molecule has 0 saturated carbocycles. The van der Waals surface area contributed by atoms with Gasteiger partial charge in [0.2, 0.25) is 0 Å². The third-order valence-corrected chi connectivity index (χ3v) is 2.43. The summed E-state index contributed by atoms with van der Waals surface area (Å²) < 4.78 is 36.6. The maximum absolute atomic E-state index is 12.2. The summed E-state index contributed by atoms with van der Waals surface area (Å²) in [4.78, 5) is 11.3. The van der Waals surface area contributed by atoms with E-state index in [2.05, 4.69) is 5.32 Å². The molecule has 2 nitrogen and oxygen atoms in total. The first kappa shape index (κ1) is 11.5. The van der Waals surface area contributed by atoms with Gasteiger partial charge in [0.05, 0.1) is 6.04 Å². The Morgan fingerprint density at radius 1 is 1.43 bits per heavy atom. The Balaban J connectivity index is 2.45. The Labute approximate surface area is 80.9 Å². The van der Waals surface area contributed by atoms with Crippen LogP contribution in [0.15, 0.2) is 0 Å². The number of halogens is 3. The highest BCUT2D eigenvalue weighted by molar-refractivity contribution is 5.84. The van der Waals surface area contributed by atoms with Crippen molar-refractivity contribution in [1.82, 2.24) is 5.32 Å². The lowest BCUT2D eigenvalue weighted by atomic mass is 10.1. The summed E-state index contributed by atoms with van der Waals surface area (Å²) in [5, 5.41) is 2.34. The summed E-state index contributed by atoms with van der Waals surface area (Å²) in [6.07, 6.45) is -2.84. The van der Waals surface area contributed by atoms with Crippen molar-refractivity contribution in [1.29, 1.82) is 0 Å². The largest absolute Gasteiger partial charge is 0.403 e. The molecular formula is C9H14F3NO. The van der Waals surface area contributed by atoms with Crippen LogP contribution in [0.2, 0.25) is 0 Å². The lowest BCUT2D eigenvalue weighted by Gasteiger charge is -2.16. The smallest absolute Gasteiger partial charge is 0.298 e. The van der Waals surface area contributed by atoms with E-state index in [9.17, 15) is 18.0 Å². The van der Waals surface area contributed by atoms with Gasteiger partial charge in [0.1, 0.15) is 11.8 Å². The average Bonchev–Trinajstić information content (AvgIpc) is 2.51. The van der Waals surface area contributed by atoms with Crippen LogP contribution in [0.5, 0.6) is 0 Å². The molecule has 0 aromatic carbocycles. The number of carbonyl (C=O) groups is 1. The molecule has 1 saturated heterocycles. The molecule has 0 aromatic heterocycles. The summed E-state index contributed by atoms with van der Waals surface area (Å²) in [7, 11) is 0. The first-order valence-corrected chi connectivity index (χ1v) is 4.80. The molecule has 5 heteroatoms. The minimum absolute atomic E-state index is 0.0175. The maximum atomic E-state index is 12.2. The van der Waals surface area contributed by atoms with Gasteiger partial charge in [0, 0.05) is 6.42 Å². The van der Waals surface area contributed by atoms with Crippen molar-refractivity contribution in [2.75, 3.05) is 0 Å². The van der Waals surface area contributed by atoms with Crippen LogP contribution in [0.3, 0.4) is 0 Å². The zero-order chi connectivity index (χ0) is 10.8. The molecule has 0 amide bonds. The molecule has 0 aliphatic carbocycles.